The lowest BCUT2D eigenvalue weighted by molar-refractivity contribution is 0.650. The molecule has 0 fully saturated rings. The maximum atomic E-state index is 5.87. The zero-order valence-electron chi connectivity index (χ0n) is 10.8. The van der Waals surface area contributed by atoms with Crippen LogP contribution >= 0.6 is 0 Å². The molecule has 0 aliphatic rings. The first kappa shape index (κ1) is 10.5. The summed E-state index contributed by atoms with van der Waals surface area (Å²) in [5.41, 5.74) is 2.52. The van der Waals surface area contributed by atoms with Crippen molar-refractivity contribution in [3.05, 3.63) is 47.9 Å². The van der Waals surface area contributed by atoms with Crippen LogP contribution in [0.5, 0.6) is 0 Å². The summed E-state index contributed by atoms with van der Waals surface area (Å²) < 4.78 is 5.87. The fourth-order valence-electron chi connectivity index (χ4n) is 2.74. The topological polar surface area (TPSA) is 38.9 Å². The zero-order valence-corrected chi connectivity index (χ0v) is 10.8. The van der Waals surface area contributed by atoms with Crippen LogP contribution < -0.4 is 0 Å². The second-order valence-electron chi connectivity index (χ2n) is 4.80. The van der Waals surface area contributed by atoms with Gasteiger partial charge in [-0.1, -0.05) is 30.3 Å². The standard InChI is InChI=1S/C16H12N2O/c1-9-14-15-12-6-4-3-5-11(12)7-8-13(15)19-16(14)18-10(2)17-9/h3-8H,1-2H3. The molecule has 0 saturated carbocycles. The smallest absolute Gasteiger partial charge is 0.230 e. The van der Waals surface area contributed by atoms with Gasteiger partial charge in [0.2, 0.25) is 5.71 Å². The highest BCUT2D eigenvalue weighted by Gasteiger charge is 2.14. The maximum Gasteiger partial charge on any atom is 0.230 e. The highest BCUT2D eigenvalue weighted by Crippen LogP contribution is 2.34. The zero-order chi connectivity index (χ0) is 13.0. The van der Waals surface area contributed by atoms with E-state index in [1.54, 1.807) is 0 Å². The lowest BCUT2D eigenvalue weighted by atomic mass is 10.0. The van der Waals surface area contributed by atoms with E-state index in [0.717, 1.165) is 27.9 Å². The molecule has 3 nitrogen and oxygen atoms in total. The minimum atomic E-state index is 0.677. The van der Waals surface area contributed by atoms with Crippen molar-refractivity contribution in [1.29, 1.82) is 0 Å². The Kier molecular flexibility index (Phi) is 1.96. The number of benzene rings is 2. The minimum Gasteiger partial charge on any atom is -0.438 e. The third-order valence-electron chi connectivity index (χ3n) is 3.52. The monoisotopic (exact) mass is 248 g/mol. The van der Waals surface area contributed by atoms with Gasteiger partial charge >= 0.3 is 0 Å². The van der Waals surface area contributed by atoms with Gasteiger partial charge in [-0.3, -0.25) is 0 Å². The van der Waals surface area contributed by atoms with Gasteiger partial charge in [0, 0.05) is 5.39 Å². The normalized spacial score (nSPS) is 11.7. The lowest BCUT2D eigenvalue weighted by Crippen LogP contribution is -1.90. The van der Waals surface area contributed by atoms with Crippen LogP contribution in [0.15, 0.2) is 40.8 Å². The average Bonchev–Trinajstić information content (AvgIpc) is 2.77. The molecular formula is C16H12N2O. The number of furan rings is 1. The average molecular weight is 248 g/mol. The van der Waals surface area contributed by atoms with E-state index in [0.29, 0.717) is 5.71 Å². The first-order chi connectivity index (χ1) is 9.24. The number of hydrogen-bond donors (Lipinski definition) is 0. The molecule has 0 saturated heterocycles. The van der Waals surface area contributed by atoms with Gasteiger partial charge in [0.1, 0.15) is 11.4 Å². The Hall–Kier alpha value is -2.42. The predicted octanol–water partition coefficient (Wildman–Crippen LogP) is 4.15. The fourth-order valence-corrected chi connectivity index (χ4v) is 2.74. The number of hydrogen-bond acceptors (Lipinski definition) is 3. The SMILES string of the molecule is Cc1nc(C)c2c(n1)oc1ccc3ccccc3c12. The van der Waals surface area contributed by atoms with E-state index < -0.39 is 0 Å². The van der Waals surface area contributed by atoms with Crippen molar-refractivity contribution >= 4 is 32.8 Å². The van der Waals surface area contributed by atoms with Crippen LogP contribution in [0.2, 0.25) is 0 Å². The van der Waals surface area contributed by atoms with E-state index in [1.165, 1.54) is 10.8 Å². The van der Waals surface area contributed by atoms with Crippen LogP contribution in [0.1, 0.15) is 11.5 Å². The number of nitrogens with zero attached hydrogens (tertiary/aromatic N) is 2. The number of rotatable bonds is 0. The highest BCUT2D eigenvalue weighted by molar-refractivity contribution is 6.18. The fraction of sp³-hybridized carbons (Fsp3) is 0.125. The van der Waals surface area contributed by atoms with Crippen LogP contribution in [0.3, 0.4) is 0 Å². The Morgan fingerprint density at radius 2 is 1.74 bits per heavy atom. The minimum absolute atomic E-state index is 0.677. The van der Waals surface area contributed by atoms with E-state index in [2.05, 4.69) is 28.2 Å². The Morgan fingerprint density at radius 3 is 2.63 bits per heavy atom. The molecule has 19 heavy (non-hydrogen) atoms. The van der Waals surface area contributed by atoms with Crippen molar-refractivity contribution in [2.24, 2.45) is 0 Å². The molecule has 4 aromatic rings. The molecule has 0 radical (unpaired) electrons. The largest absolute Gasteiger partial charge is 0.438 e. The summed E-state index contributed by atoms with van der Waals surface area (Å²) in [6, 6.07) is 12.4. The molecule has 2 heterocycles. The van der Waals surface area contributed by atoms with E-state index in [1.807, 2.05) is 32.0 Å². The molecule has 0 N–H and O–H groups in total. The van der Waals surface area contributed by atoms with Crippen LogP contribution in [0.25, 0.3) is 32.8 Å². The van der Waals surface area contributed by atoms with Crippen LogP contribution in [-0.2, 0) is 0 Å². The summed E-state index contributed by atoms with van der Waals surface area (Å²) in [6.45, 7) is 3.89. The molecule has 2 aromatic heterocycles. The van der Waals surface area contributed by atoms with Gasteiger partial charge < -0.3 is 4.42 Å². The van der Waals surface area contributed by atoms with E-state index >= 15 is 0 Å². The third kappa shape index (κ3) is 1.38. The van der Waals surface area contributed by atoms with Gasteiger partial charge in [-0.15, -0.1) is 0 Å². The highest BCUT2D eigenvalue weighted by atomic mass is 16.3. The molecule has 0 aliphatic heterocycles. The van der Waals surface area contributed by atoms with Gasteiger partial charge in [-0.2, -0.15) is 4.98 Å². The summed E-state index contributed by atoms with van der Waals surface area (Å²) in [6.07, 6.45) is 0. The number of aromatic nitrogens is 2. The van der Waals surface area contributed by atoms with Gasteiger partial charge in [-0.05, 0) is 30.7 Å². The second-order valence-corrected chi connectivity index (χ2v) is 4.80. The summed E-state index contributed by atoms with van der Waals surface area (Å²) in [4.78, 5) is 8.86. The molecule has 0 atom stereocenters. The summed E-state index contributed by atoms with van der Waals surface area (Å²) >= 11 is 0. The van der Waals surface area contributed by atoms with Crippen molar-refractivity contribution in [2.75, 3.05) is 0 Å². The molecule has 4 rings (SSSR count). The second kappa shape index (κ2) is 3.54. The van der Waals surface area contributed by atoms with Crippen molar-refractivity contribution in [1.82, 2.24) is 9.97 Å². The van der Waals surface area contributed by atoms with E-state index in [-0.39, 0.29) is 0 Å². The summed E-state index contributed by atoms with van der Waals surface area (Å²) in [5, 5.41) is 4.54. The first-order valence-corrected chi connectivity index (χ1v) is 6.29. The van der Waals surface area contributed by atoms with Crippen LogP contribution in [0, 0.1) is 13.8 Å². The molecule has 0 aliphatic carbocycles. The maximum absolute atomic E-state index is 5.87. The van der Waals surface area contributed by atoms with Crippen molar-refractivity contribution < 1.29 is 4.42 Å². The summed E-state index contributed by atoms with van der Waals surface area (Å²) in [7, 11) is 0. The Balaban J connectivity index is 2.36. The van der Waals surface area contributed by atoms with Gasteiger partial charge in [-0.25, -0.2) is 4.98 Å². The molecule has 0 amide bonds. The molecule has 3 heteroatoms. The first-order valence-electron chi connectivity index (χ1n) is 6.29. The van der Waals surface area contributed by atoms with E-state index in [4.69, 9.17) is 4.42 Å². The third-order valence-corrected chi connectivity index (χ3v) is 3.52. The molecule has 0 spiro atoms. The van der Waals surface area contributed by atoms with Crippen LogP contribution in [-0.4, -0.2) is 9.97 Å². The molecule has 0 bridgehead atoms. The van der Waals surface area contributed by atoms with Gasteiger partial charge in [0.05, 0.1) is 11.1 Å². The predicted molar refractivity (Wildman–Crippen MR) is 76.3 cm³/mol. The Labute approximate surface area is 109 Å². The lowest BCUT2D eigenvalue weighted by Gasteiger charge is -2.00. The van der Waals surface area contributed by atoms with Crippen molar-refractivity contribution in [3.8, 4) is 0 Å². The molecular weight excluding hydrogens is 236 g/mol. The van der Waals surface area contributed by atoms with Crippen molar-refractivity contribution in [2.45, 2.75) is 13.8 Å². The molecule has 92 valence electrons. The van der Waals surface area contributed by atoms with Crippen LogP contribution in [0.4, 0.5) is 0 Å². The van der Waals surface area contributed by atoms with E-state index in [9.17, 15) is 0 Å². The Bertz CT molecular complexity index is 938. The van der Waals surface area contributed by atoms with Crippen molar-refractivity contribution in [3.63, 3.8) is 0 Å². The number of aryl methyl sites for hydroxylation is 2. The molecule has 2 aromatic carbocycles. The quantitative estimate of drug-likeness (QED) is 0.469. The molecule has 0 unspecified atom stereocenters. The van der Waals surface area contributed by atoms with Gasteiger partial charge in [0.15, 0.2) is 0 Å². The summed E-state index contributed by atoms with van der Waals surface area (Å²) in [5.74, 6) is 0.744. The number of fused-ring (bicyclic) bond motifs is 5. The van der Waals surface area contributed by atoms with Gasteiger partial charge in [0.25, 0.3) is 0 Å². The Morgan fingerprint density at radius 1 is 0.895 bits per heavy atom.